The molecule has 0 spiro atoms. The van der Waals surface area contributed by atoms with Crippen LogP contribution in [0.25, 0.3) is 11.4 Å². The van der Waals surface area contributed by atoms with Crippen LogP contribution in [0.4, 0.5) is 5.69 Å². The highest BCUT2D eigenvalue weighted by molar-refractivity contribution is 5.97. The van der Waals surface area contributed by atoms with Gasteiger partial charge < -0.3 is 20.9 Å². The van der Waals surface area contributed by atoms with Gasteiger partial charge in [-0.1, -0.05) is 18.1 Å². The molecule has 1 aromatic carbocycles. The van der Waals surface area contributed by atoms with E-state index < -0.39 is 5.91 Å². The average Bonchev–Trinajstić information content (AvgIpc) is 2.51. The number of primary amides is 1. The van der Waals surface area contributed by atoms with E-state index in [4.69, 9.17) is 27.4 Å². The molecule has 0 radical (unpaired) electrons. The third-order valence-electron chi connectivity index (χ3n) is 3.32. The van der Waals surface area contributed by atoms with Crippen molar-refractivity contribution in [1.29, 1.82) is 0 Å². The molecule has 7 heteroatoms. The van der Waals surface area contributed by atoms with Gasteiger partial charge in [-0.25, -0.2) is 4.98 Å². The SMILES string of the molecule is C#Cc1cccc(-c2nc(OC3COC3)c(N)c(C(N)=O)n2)c1. The minimum atomic E-state index is -0.756. The number of nitrogens with two attached hydrogens (primary N) is 2. The van der Waals surface area contributed by atoms with E-state index in [9.17, 15) is 4.79 Å². The number of ether oxygens (including phenoxy) is 2. The van der Waals surface area contributed by atoms with E-state index >= 15 is 0 Å². The van der Waals surface area contributed by atoms with Gasteiger partial charge in [0.2, 0.25) is 5.88 Å². The first kappa shape index (κ1) is 14.8. The lowest BCUT2D eigenvalue weighted by Crippen LogP contribution is -2.39. The van der Waals surface area contributed by atoms with E-state index in [1.807, 2.05) is 0 Å². The molecule has 0 bridgehead atoms. The van der Waals surface area contributed by atoms with Crippen LogP contribution in [0.3, 0.4) is 0 Å². The molecule has 1 amide bonds. The summed E-state index contributed by atoms with van der Waals surface area (Å²) in [6.45, 7) is 0.883. The lowest BCUT2D eigenvalue weighted by Gasteiger charge is -2.26. The minimum Gasteiger partial charge on any atom is -0.468 e. The molecule has 1 fully saturated rings. The molecule has 1 aliphatic heterocycles. The molecule has 1 saturated heterocycles. The number of carbonyl (C=O) groups excluding carboxylic acids is 1. The maximum atomic E-state index is 11.6. The minimum absolute atomic E-state index is 0.0151. The van der Waals surface area contributed by atoms with Gasteiger partial charge in [0.25, 0.3) is 5.91 Å². The lowest BCUT2D eigenvalue weighted by molar-refractivity contribution is -0.0810. The molecular formula is C16H14N4O3. The number of nitrogen functional groups attached to an aromatic ring is 1. The van der Waals surface area contributed by atoms with E-state index in [0.29, 0.717) is 24.3 Å². The number of hydrogen-bond donors (Lipinski definition) is 2. The van der Waals surface area contributed by atoms with Crippen molar-refractivity contribution < 1.29 is 14.3 Å². The van der Waals surface area contributed by atoms with Crippen molar-refractivity contribution in [3.05, 3.63) is 35.5 Å². The topological polar surface area (TPSA) is 113 Å². The number of anilines is 1. The summed E-state index contributed by atoms with van der Waals surface area (Å²) in [6, 6.07) is 7.05. The summed E-state index contributed by atoms with van der Waals surface area (Å²) in [5.41, 5.74) is 12.5. The number of aromatic nitrogens is 2. The van der Waals surface area contributed by atoms with Crippen molar-refractivity contribution in [3.8, 4) is 29.6 Å². The Bertz CT molecular complexity index is 809. The monoisotopic (exact) mass is 310 g/mol. The quantitative estimate of drug-likeness (QED) is 0.799. The average molecular weight is 310 g/mol. The summed E-state index contributed by atoms with van der Waals surface area (Å²) in [5, 5.41) is 0. The van der Waals surface area contributed by atoms with Crippen LogP contribution in [0.1, 0.15) is 16.1 Å². The zero-order valence-corrected chi connectivity index (χ0v) is 12.2. The van der Waals surface area contributed by atoms with Crippen molar-refractivity contribution in [2.75, 3.05) is 18.9 Å². The maximum absolute atomic E-state index is 11.6. The van der Waals surface area contributed by atoms with Crippen LogP contribution in [0.5, 0.6) is 5.88 Å². The predicted molar refractivity (Wildman–Crippen MR) is 83.6 cm³/mol. The highest BCUT2D eigenvalue weighted by atomic mass is 16.6. The maximum Gasteiger partial charge on any atom is 0.269 e. The molecule has 4 N–H and O–H groups in total. The van der Waals surface area contributed by atoms with Gasteiger partial charge in [-0.05, 0) is 12.1 Å². The first-order chi connectivity index (χ1) is 11.1. The Labute approximate surface area is 132 Å². The zero-order chi connectivity index (χ0) is 16.4. The van der Waals surface area contributed by atoms with E-state index in [2.05, 4.69) is 15.9 Å². The lowest BCUT2D eigenvalue weighted by atomic mass is 10.1. The molecular weight excluding hydrogens is 296 g/mol. The Kier molecular flexibility index (Phi) is 3.83. The standard InChI is InChI=1S/C16H14N4O3/c1-2-9-4-3-5-10(6-9)15-19-13(14(18)21)12(17)16(20-15)23-11-7-22-8-11/h1,3-6,11H,7-8,17H2,(H2,18,21). The van der Waals surface area contributed by atoms with Gasteiger partial charge in [-0.2, -0.15) is 4.98 Å². The smallest absolute Gasteiger partial charge is 0.269 e. The first-order valence-corrected chi connectivity index (χ1v) is 6.87. The molecule has 1 aromatic heterocycles. The van der Waals surface area contributed by atoms with E-state index in [1.165, 1.54) is 0 Å². The van der Waals surface area contributed by atoms with Gasteiger partial charge in [0, 0.05) is 11.1 Å². The van der Waals surface area contributed by atoms with Crippen LogP contribution in [-0.4, -0.2) is 35.2 Å². The Hall–Kier alpha value is -3.11. The molecule has 7 nitrogen and oxygen atoms in total. The van der Waals surface area contributed by atoms with Gasteiger partial charge in [-0.3, -0.25) is 4.79 Å². The van der Waals surface area contributed by atoms with E-state index in [-0.39, 0.29) is 29.2 Å². The third kappa shape index (κ3) is 2.93. The van der Waals surface area contributed by atoms with Gasteiger partial charge >= 0.3 is 0 Å². The fourth-order valence-corrected chi connectivity index (χ4v) is 2.04. The fourth-order valence-electron chi connectivity index (χ4n) is 2.04. The molecule has 2 heterocycles. The zero-order valence-electron chi connectivity index (χ0n) is 12.2. The van der Waals surface area contributed by atoms with Crippen molar-refractivity contribution >= 4 is 11.6 Å². The molecule has 3 rings (SSSR count). The highest BCUT2D eigenvalue weighted by Crippen LogP contribution is 2.28. The number of hydrogen-bond acceptors (Lipinski definition) is 6. The van der Waals surface area contributed by atoms with Crippen molar-refractivity contribution in [3.63, 3.8) is 0 Å². The van der Waals surface area contributed by atoms with Crippen LogP contribution in [0.15, 0.2) is 24.3 Å². The van der Waals surface area contributed by atoms with Crippen molar-refractivity contribution in [2.45, 2.75) is 6.10 Å². The van der Waals surface area contributed by atoms with Crippen LogP contribution in [-0.2, 0) is 4.74 Å². The van der Waals surface area contributed by atoms with Gasteiger partial charge in [0.15, 0.2) is 11.5 Å². The summed E-state index contributed by atoms with van der Waals surface area (Å²) in [6.07, 6.45) is 5.24. The van der Waals surface area contributed by atoms with Crippen LogP contribution >= 0.6 is 0 Å². The van der Waals surface area contributed by atoms with Crippen molar-refractivity contribution in [1.82, 2.24) is 9.97 Å². The summed E-state index contributed by atoms with van der Waals surface area (Å²) in [7, 11) is 0. The van der Waals surface area contributed by atoms with Gasteiger partial charge in [0.05, 0.1) is 13.2 Å². The Morgan fingerprint density at radius 2 is 2.17 bits per heavy atom. The molecule has 0 saturated carbocycles. The number of rotatable bonds is 4. The van der Waals surface area contributed by atoms with Crippen LogP contribution in [0.2, 0.25) is 0 Å². The Morgan fingerprint density at radius 1 is 1.39 bits per heavy atom. The van der Waals surface area contributed by atoms with Gasteiger partial charge in [0.1, 0.15) is 11.8 Å². The number of terminal acetylenes is 1. The summed E-state index contributed by atoms with van der Waals surface area (Å²) in [5.74, 6) is 2.15. The fraction of sp³-hybridized carbons (Fsp3) is 0.188. The third-order valence-corrected chi connectivity index (χ3v) is 3.32. The largest absolute Gasteiger partial charge is 0.468 e. The number of benzene rings is 1. The Balaban J connectivity index is 2.08. The van der Waals surface area contributed by atoms with Crippen molar-refractivity contribution in [2.24, 2.45) is 5.73 Å². The van der Waals surface area contributed by atoms with Crippen LogP contribution < -0.4 is 16.2 Å². The first-order valence-electron chi connectivity index (χ1n) is 6.87. The second-order valence-electron chi connectivity index (χ2n) is 4.98. The molecule has 0 unspecified atom stereocenters. The second kappa shape index (κ2) is 5.94. The van der Waals surface area contributed by atoms with Crippen LogP contribution in [0, 0.1) is 12.3 Å². The molecule has 2 aromatic rings. The number of carbonyl (C=O) groups is 1. The number of nitrogens with zero attached hydrogens (tertiary/aromatic N) is 2. The Morgan fingerprint density at radius 3 is 2.78 bits per heavy atom. The molecule has 23 heavy (non-hydrogen) atoms. The van der Waals surface area contributed by atoms with Gasteiger partial charge in [-0.15, -0.1) is 6.42 Å². The second-order valence-corrected chi connectivity index (χ2v) is 4.98. The summed E-state index contributed by atoms with van der Waals surface area (Å²) >= 11 is 0. The predicted octanol–water partition coefficient (Wildman–Crippen LogP) is 0.584. The highest BCUT2D eigenvalue weighted by Gasteiger charge is 2.25. The normalized spacial score (nSPS) is 13.9. The molecule has 0 aliphatic carbocycles. The summed E-state index contributed by atoms with van der Waals surface area (Å²) < 4.78 is 10.7. The van der Waals surface area contributed by atoms with E-state index in [1.54, 1.807) is 24.3 Å². The number of amides is 1. The summed E-state index contributed by atoms with van der Waals surface area (Å²) in [4.78, 5) is 20.0. The molecule has 0 atom stereocenters. The van der Waals surface area contributed by atoms with E-state index in [0.717, 1.165) is 0 Å². The molecule has 1 aliphatic rings. The molecule has 116 valence electrons.